The second-order valence-corrected chi connectivity index (χ2v) is 9.76. The van der Waals surface area contributed by atoms with E-state index in [0.29, 0.717) is 15.4 Å². The Bertz CT molecular complexity index is 658. The summed E-state index contributed by atoms with van der Waals surface area (Å²) in [5, 5.41) is 0.412. The topological polar surface area (TPSA) is 46.2 Å². The molecular formula is C11H11BrClNO2S3. The number of hydrogen-bond donors (Lipinski definition) is 1. The first-order valence-corrected chi connectivity index (χ1v) is 9.73. The first-order valence-electron chi connectivity index (χ1n) is 5.44. The first-order chi connectivity index (χ1) is 8.92. The zero-order valence-corrected chi connectivity index (χ0v) is 14.7. The van der Waals surface area contributed by atoms with E-state index >= 15 is 0 Å². The predicted molar refractivity (Wildman–Crippen MR) is 84.8 cm³/mol. The van der Waals surface area contributed by atoms with Crippen molar-refractivity contribution in [2.75, 3.05) is 0 Å². The maximum atomic E-state index is 12.1. The SMILES string of the molecule is CCc1ccc(CNS(=O)(=O)c2cc(Cl)c(Br)s2)s1. The zero-order valence-electron chi connectivity index (χ0n) is 9.94. The number of nitrogens with one attached hydrogen (secondary N) is 1. The van der Waals surface area contributed by atoms with Gasteiger partial charge in [-0.15, -0.1) is 22.7 Å². The van der Waals surface area contributed by atoms with Crippen LogP contribution >= 0.6 is 50.2 Å². The van der Waals surface area contributed by atoms with E-state index in [1.54, 1.807) is 11.3 Å². The second-order valence-electron chi connectivity index (χ2n) is 3.73. The number of hydrogen-bond acceptors (Lipinski definition) is 4. The lowest BCUT2D eigenvalue weighted by Crippen LogP contribution is -2.21. The molecule has 0 amide bonds. The van der Waals surface area contributed by atoms with Gasteiger partial charge in [0.1, 0.15) is 4.21 Å². The summed E-state index contributed by atoms with van der Waals surface area (Å²) in [5.74, 6) is 0. The van der Waals surface area contributed by atoms with Gasteiger partial charge in [-0.2, -0.15) is 0 Å². The molecule has 0 radical (unpaired) electrons. The van der Waals surface area contributed by atoms with Gasteiger partial charge in [0.2, 0.25) is 10.0 Å². The molecule has 0 aliphatic rings. The van der Waals surface area contributed by atoms with Gasteiger partial charge in [0.05, 0.1) is 8.81 Å². The van der Waals surface area contributed by atoms with E-state index < -0.39 is 10.0 Å². The van der Waals surface area contributed by atoms with E-state index in [-0.39, 0.29) is 4.21 Å². The molecule has 19 heavy (non-hydrogen) atoms. The molecule has 0 saturated carbocycles. The van der Waals surface area contributed by atoms with Gasteiger partial charge < -0.3 is 0 Å². The van der Waals surface area contributed by atoms with E-state index in [1.807, 2.05) is 12.1 Å². The first kappa shape index (κ1) is 15.5. The van der Waals surface area contributed by atoms with Gasteiger partial charge in [0.25, 0.3) is 0 Å². The van der Waals surface area contributed by atoms with Crippen molar-refractivity contribution in [1.82, 2.24) is 4.72 Å². The van der Waals surface area contributed by atoms with Crippen LogP contribution in [0.15, 0.2) is 26.2 Å². The van der Waals surface area contributed by atoms with Crippen LogP contribution in [0.1, 0.15) is 16.7 Å². The number of thiophene rings is 2. The van der Waals surface area contributed by atoms with Crippen molar-refractivity contribution in [3.63, 3.8) is 0 Å². The molecule has 3 nitrogen and oxygen atoms in total. The maximum absolute atomic E-state index is 12.1. The Balaban J connectivity index is 2.09. The molecule has 0 fully saturated rings. The predicted octanol–water partition coefficient (Wildman–Crippen LogP) is 4.27. The van der Waals surface area contributed by atoms with Crippen LogP contribution in [0.25, 0.3) is 0 Å². The Kier molecular flexibility index (Phi) is 5.08. The molecular weight excluding hydrogens is 390 g/mol. The van der Waals surface area contributed by atoms with Crippen molar-refractivity contribution in [2.45, 2.75) is 24.1 Å². The fraction of sp³-hybridized carbons (Fsp3) is 0.273. The van der Waals surface area contributed by atoms with Gasteiger partial charge in [-0.1, -0.05) is 18.5 Å². The molecule has 0 bridgehead atoms. The van der Waals surface area contributed by atoms with Gasteiger partial charge in [-0.25, -0.2) is 13.1 Å². The maximum Gasteiger partial charge on any atom is 0.250 e. The van der Waals surface area contributed by atoms with Gasteiger partial charge in [-0.05, 0) is 40.5 Å². The van der Waals surface area contributed by atoms with Gasteiger partial charge in [-0.3, -0.25) is 0 Å². The summed E-state index contributed by atoms with van der Waals surface area (Å²) in [6, 6.07) is 5.42. The van der Waals surface area contributed by atoms with Crippen LogP contribution in [0.3, 0.4) is 0 Å². The van der Waals surface area contributed by atoms with E-state index in [4.69, 9.17) is 11.6 Å². The Hall–Kier alpha value is 0.0800. The van der Waals surface area contributed by atoms with Crippen LogP contribution in [0, 0.1) is 0 Å². The fourth-order valence-corrected chi connectivity index (χ4v) is 5.84. The normalized spacial score (nSPS) is 11.9. The summed E-state index contributed by atoms with van der Waals surface area (Å²) in [6.07, 6.45) is 0.963. The average molecular weight is 401 g/mol. The molecule has 104 valence electrons. The smallest absolute Gasteiger partial charge is 0.206 e. The summed E-state index contributed by atoms with van der Waals surface area (Å²) in [5.41, 5.74) is 0. The zero-order chi connectivity index (χ0) is 14.0. The lowest BCUT2D eigenvalue weighted by Gasteiger charge is -2.02. The van der Waals surface area contributed by atoms with E-state index in [9.17, 15) is 8.42 Å². The van der Waals surface area contributed by atoms with Crippen molar-refractivity contribution < 1.29 is 8.42 Å². The van der Waals surface area contributed by atoms with E-state index in [1.165, 1.54) is 10.9 Å². The van der Waals surface area contributed by atoms with Crippen LogP contribution in [0.4, 0.5) is 0 Å². The Morgan fingerprint density at radius 1 is 1.32 bits per heavy atom. The van der Waals surface area contributed by atoms with Crippen LogP contribution in [0.2, 0.25) is 5.02 Å². The number of rotatable bonds is 5. The fourth-order valence-electron chi connectivity index (χ4n) is 1.40. The molecule has 0 saturated heterocycles. The molecule has 8 heteroatoms. The lowest BCUT2D eigenvalue weighted by atomic mass is 10.4. The summed E-state index contributed by atoms with van der Waals surface area (Å²) in [6.45, 7) is 2.38. The Labute approximate surface area is 133 Å². The summed E-state index contributed by atoms with van der Waals surface area (Å²) in [4.78, 5) is 2.25. The molecule has 0 unspecified atom stereocenters. The molecule has 0 atom stereocenters. The third kappa shape index (κ3) is 3.80. The highest BCUT2D eigenvalue weighted by molar-refractivity contribution is 9.11. The highest BCUT2D eigenvalue weighted by atomic mass is 79.9. The third-order valence-corrected chi connectivity index (χ3v) is 7.97. The number of aryl methyl sites for hydroxylation is 1. The number of sulfonamides is 1. The molecule has 0 spiro atoms. The quantitative estimate of drug-likeness (QED) is 0.815. The molecule has 0 aromatic carbocycles. The Morgan fingerprint density at radius 2 is 2.00 bits per heavy atom. The molecule has 0 aliphatic carbocycles. The van der Waals surface area contributed by atoms with E-state index in [0.717, 1.165) is 22.6 Å². The van der Waals surface area contributed by atoms with Crippen molar-refractivity contribution >= 4 is 60.2 Å². The number of halogens is 2. The highest BCUT2D eigenvalue weighted by Gasteiger charge is 2.18. The minimum absolute atomic E-state index is 0.219. The van der Waals surface area contributed by atoms with Gasteiger partial charge >= 0.3 is 0 Å². The molecule has 2 rings (SSSR count). The Morgan fingerprint density at radius 3 is 2.53 bits per heavy atom. The van der Waals surface area contributed by atoms with Crippen molar-refractivity contribution in [1.29, 1.82) is 0 Å². The minimum Gasteiger partial charge on any atom is -0.206 e. The molecule has 1 N–H and O–H groups in total. The van der Waals surface area contributed by atoms with Crippen LogP contribution in [-0.4, -0.2) is 8.42 Å². The third-order valence-electron chi connectivity index (χ3n) is 2.39. The molecule has 2 heterocycles. The minimum atomic E-state index is -3.50. The average Bonchev–Trinajstić information content (AvgIpc) is 2.95. The lowest BCUT2D eigenvalue weighted by molar-refractivity contribution is 0.584. The van der Waals surface area contributed by atoms with Crippen LogP contribution in [-0.2, 0) is 23.0 Å². The van der Waals surface area contributed by atoms with Crippen molar-refractivity contribution in [3.8, 4) is 0 Å². The standard InChI is InChI=1S/C11H11BrClNO2S3/c1-2-7-3-4-8(17-7)6-14-19(15,16)10-5-9(13)11(12)18-10/h3-5,14H,2,6H2,1H3. The summed E-state index contributed by atoms with van der Waals surface area (Å²) < 4.78 is 27.6. The van der Waals surface area contributed by atoms with E-state index in [2.05, 4.69) is 27.6 Å². The van der Waals surface area contributed by atoms with Crippen molar-refractivity contribution in [2.24, 2.45) is 0 Å². The van der Waals surface area contributed by atoms with Crippen LogP contribution < -0.4 is 4.72 Å². The summed E-state index contributed by atoms with van der Waals surface area (Å²) >= 11 is 11.8. The molecule has 2 aromatic rings. The molecule has 0 aliphatic heterocycles. The highest BCUT2D eigenvalue weighted by Crippen LogP contribution is 2.34. The second kappa shape index (κ2) is 6.24. The summed E-state index contributed by atoms with van der Waals surface area (Å²) in [7, 11) is -3.50. The van der Waals surface area contributed by atoms with Crippen molar-refractivity contribution in [3.05, 3.63) is 36.8 Å². The molecule has 2 aromatic heterocycles. The van der Waals surface area contributed by atoms with Gasteiger partial charge in [0.15, 0.2) is 0 Å². The largest absolute Gasteiger partial charge is 0.250 e. The monoisotopic (exact) mass is 399 g/mol. The van der Waals surface area contributed by atoms with Crippen LogP contribution in [0.5, 0.6) is 0 Å². The van der Waals surface area contributed by atoms with Gasteiger partial charge in [0, 0.05) is 16.3 Å².